The summed E-state index contributed by atoms with van der Waals surface area (Å²) in [6.07, 6.45) is 0. The van der Waals surface area contributed by atoms with Crippen molar-refractivity contribution >= 4 is 33.7 Å². The van der Waals surface area contributed by atoms with E-state index in [0.717, 1.165) is 21.8 Å². The van der Waals surface area contributed by atoms with Crippen molar-refractivity contribution < 1.29 is 0 Å². The molecule has 0 aliphatic carbocycles. The molecule has 0 spiro atoms. The van der Waals surface area contributed by atoms with E-state index in [2.05, 4.69) is 41.7 Å². The molecule has 0 bridgehead atoms. The predicted octanol–water partition coefficient (Wildman–Crippen LogP) is 5.22. The van der Waals surface area contributed by atoms with Gasteiger partial charge in [0.05, 0.1) is 0 Å². The minimum absolute atomic E-state index is 0.803. The van der Waals surface area contributed by atoms with E-state index in [-0.39, 0.29) is 0 Å². The van der Waals surface area contributed by atoms with Gasteiger partial charge in [0.1, 0.15) is 0 Å². The first-order valence-corrected chi connectivity index (χ1v) is 6.30. The van der Waals surface area contributed by atoms with Crippen molar-refractivity contribution in [2.45, 2.75) is 0 Å². The molecule has 0 unspecified atom stereocenters. The molecule has 0 saturated heterocycles. The van der Waals surface area contributed by atoms with Gasteiger partial charge in [-0.2, -0.15) is 0 Å². The number of nitrogens with one attached hydrogen (secondary N) is 1. The predicted molar refractivity (Wildman–Crippen MR) is 77.7 cm³/mol. The lowest BCUT2D eigenvalue weighted by molar-refractivity contribution is 1.53. The van der Waals surface area contributed by atoms with Crippen LogP contribution in [0.5, 0.6) is 0 Å². The molecule has 18 heavy (non-hydrogen) atoms. The van der Waals surface area contributed by atoms with Gasteiger partial charge < -0.3 is 5.32 Å². The smallest absolute Gasteiger partial charge is 0.0485 e. The van der Waals surface area contributed by atoms with Crippen LogP contribution in [0.4, 0.5) is 11.4 Å². The highest BCUT2D eigenvalue weighted by atomic mass is 35.5. The van der Waals surface area contributed by atoms with E-state index in [1.807, 2.05) is 18.2 Å². The molecule has 0 saturated carbocycles. The summed E-state index contributed by atoms with van der Waals surface area (Å²) in [5.74, 6) is 0. The van der Waals surface area contributed by atoms with Crippen LogP contribution in [-0.4, -0.2) is 0 Å². The first-order valence-electron chi connectivity index (χ1n) is 5.92. The number of benzene rings is 3. The molecule has 3 aromatic carbocycles. The Morgan fingerprint density at radius 1 is 0.722 bits per heavy atom. The third kappa shape index (κ3) is 1.22. The van der Waals surface area contributed by atoms with Crippen LogP contribution in [0.1, 0.15) is 0 Å². The Morgan fingerprint density at radius 3 is 2.50 bits per heavy atom. The monoisotopic (exact) mass is 251 g/mol. The maximum absolute atomic E-state index is 6.28. The van der Waals surface area contributed by atoms with Crippen LogP contribution in [0, 0.1) is 0 Å². The third-order valence-electron chi connectivity index (χ3n) is 3.47. The van der Waals surface area contributed by atoms with Gasteiger partial charge >= 0.3 is 0 Å². The molecule has 0 fully saturated rings. The fraction of sp³-hybridized carbons (Fsp3) is 0. The summed E-state index contributed by atoms with van der Waals surface area (Å²) in [4.78, 5) is 0. The number of anilines is 2. The Hall–Kier alpha value is -1.99. The SMILES string of the molecule is Clc1ccc2c3c(cccc13)Nc1ccccc1-2. The van der Waals surface area contributed by atoms with Crippen molar-refractivity contribution in [2.24, 2.45) is 0 Å². The van der Waals surface area contributed by atoms with Gasteiger partial charge in [0, 0.05) is 32.7 Å². The van der Waals surface area contributed by atoms with Gasteiger partial charge in [-0.3, -0.25) is 0 Å². The molecule has 0 radical (unpaired) electrons. The first kappa shape index (κ1) is 9.98. The van der Waals surface area contributed by atoms with Gasteiger partial charge in [0.2, 0.25) is 0 Å². The lowest BCUT2D eigenvalue weighted by Crippen LogP contribution is -2.00. The highest BCUT2D eigenvalue weighted by Gasteiger charge is 2.17. The lowest BCUT2D eigenvalue weighted by atomic mass is 9.93. The first-order chi connectivity index (χ1) is 8.84. The molecule has 0 atom stereocenters. The van der Waals surface area contributed by atoms with Crippen LogP contribution in [0.15, 0.2) is 54.6 Å². The number of hydrogen-bond donors (Lipinski definition) is 1. The van der Waals surface area contributed by atoms with E-state index in [1.54, 1.807) is 0 Å². The van der Waals surface area contributed by atoms with E-state index in [1.165, 1.54) is 16.5 Å². The Bertz CT molecular complexity index is 777. The number of halogens is 1. The second-order valence-corrected chi connectivity index (χ2v) is 4.90. The standard InChI is InChI=1S/C16H10ClN/c17-13-9-8-11-10-4-1-2-6-14(10)18-15-7-3-5-12(13)16(11)15/h1-9,18H. The Balaban J connectivity index is 2.22. The quantitative estimate of drug-likeness (QED) is 0.452. The largest absolute Gasteiger partial charge is 0.354 e. The van der Waals surface area contributed by atoms with Crippen molar-refractivity contribution in [3.05, 3.63) is 59.6 Å². The van der Waals surface area contributed by atoms with Gasteiger partial charge in [0.25, 0.3) is 0 Å². The normalized spacial score (nSPS) is 12.1. The highest BCUT2D eigenvalue weighted by Crippen LogP contribution is 2.44. The highest BCUT2D eigenvalue weighted by molar-refractivity contribution is 6.37. The molecular weight excluding hydrogens is 242 g/mol. The fourth-order valence-electron chi connectivity index (χ4n) is 2.67. The molecule has 1 nitrogen and oxygen atoms in total. The van der Waals surface area contributed by atoms with Crippen LogP contribution in [0.3, 0.4) is 0 Å². The Morgan fingerprint density at radius 2 is 1.56 bits per heavy atom. The van der Waals surface area contributed by atoms with Crippen molar-refractivity contribution in [1.82, 2.24) is 0 Å². The summed E-state index contributed by atoms with van der Waals surface area (Å²) in [6.45, 7) is 0. The maximum atomic E-state index is 6.28. The number of fused-ring (bicyclic) bond motifs is 2. The topological polar surface area (TPSA) is 12.0 Å². The summed E-state index contributed by atoms with van der Waals surface area (Å²) in [6, 6.07) is 18.6. The van der Waals surface area contributed by atoms with E-state index < -0.39 is 0 Å². The molecule has 3 aromatic rings. The summed E-state index contributed by atoms with van der Waals surface area (Å²) in [5, 5.41) is 6.59. The van der Waals surface area contributed by atoms with Crippen LogP contribution in [-0.2, 0) is 0 Å². The van der Waals surface area contributed by atoms with Crippen molar-refractivity contribution in [2.75, 3.05) is 5.32 Å². The average Bonchev–Trinajstić information content (AvgIpc) is 2.42. The third-order valence-corrected chi connectivity index (χ3v) is 3.80. The molecule has 4 rings (SSSR count). The van der Waals surface area contributed by atoms with Gasteiger partial charge in [0.15, 0.2) is 0 Å². The minimum atomic E-state index is 0.803. The zero-order chi connectivity index (χ0) is 12.1. The van der Waals surface area contributed by atoms with E-state index >= 15 is 0 Å². The molecule has 1 N–H and O–H groups in total. The Kier molecular flexibility index (Phi) is 1.94. The van der Waals surface area contributed by atoms with Crippen LogP contribution < -0.4 is 5.32 Å². The van der Waals surface area contributed by atoms with Crippen LogP contribution in [0.2, 0.25) is 5.02 Å². The zero-order valence-electron chi connectivity index (χ0n) is 9.57. The van der Waals surface area contributed by atoms with Gasteiger partial charge in [-0.05, 0) is 23.8 Å². The van der Waals surface area contributed by atoms with Gasteiger partial charge in [-0.15, -0.1) is 0 Å². The maximum Gasteiger partial charge on any atom is 0.0485 e. The number of rotatable bonds is 0. The van der Waals surface area contributed by atoms with Crippen molar-refractivity contribution in [3.8, 4) is 11.1 Å². The van der Waals surface area contributed by atoms with Crippen LogP contribution >= 0.6 is 11.6 Å². The summed E-state index contributed by atoms with van der Waals surface area (Å²) in [5.41, 5.74) is 4.76. The molecule has 0 aromatic heterocycles. The molecular formula is C16H10ClN. The van der Waals surface area contributed by atoms with Crippen molar-refractivity contribution in [3.63, 3.8) is 0 Å². The summed E-state index contributed by atoms with van der Waals surface area (Å²) < 4.78 is 0. The fourth-order valence-corrected chi connectivity index (χ4v) is 2.89. The second kappa shape index (κ2) is 3.50. The molecule has 1 aliphatic rings. The zero-order valence-corrected chi connectivity index (χ0v) is 10.3. The summed E-state index contributed by atoms with van der Waals surface area (Å²) in [7, 11) is 0. The average molecular weight is 252 g/mol. The van der Waals surface area contributed by atoms with E-state index in [0.29, 0.717) is 0 Å². The van der Waals surface area contributed by atoms with Gasteiger partial charge in [-0.1, -0.05) is 48.0 Å². The van der Waals surface area contributed by atoms with E-state index in [9.17, 15) is 0 Å². The van der Waals surface area contributed by atoms with Crippen LogP contribution in [0.25, 0.3) is 21.9 Å². The van der Waals surface area contributed by atoms with Crippen molar-refractivity contribution in [1.29, 1.82) is 0 Å². The van der Waals surface area contributed by atoms with Gasteiger partial charge in [-0.25, -0.2) is 0 Å². The number of para-hydroxylation sites is 1. The molecule has 0 amide bonds. The van der Waals surface area contributed by atoms with E-state index in [4.69, 9.17) is 11.6 Å². The molecule has 1 aliphatic heterocycles. The molecule has 2 heteroatoms. The summed E-state index contributed by atoms with van der Waals surface area (Å²) >= 11 is 6.28. The lowest BCUT2D eigenvalue weighted by Gasteiger charge is -2.22. The second-order valence-electron chi connectivity index (χ2n) is 4.49. The molecule has 86 valence electrons. The molecule has 1 heterocycles. The Labute approximate surface area is 110 Å². The minimum Gasteiger partial charge on any atom is -0.354 e. The number of hydrogen-bond acceptors (Lipinski definition) is 1.